The van der Waals surface area contributed by atoms with E-state index < -0.39 is 23.3 Å². The molecule has 0 aromatic heterocycles. The lowest BCUT2D eigenvalue weighted by Gasteiger charge is -2.20. The van der Waals surface area contributed by atoms with Gasteiger partial charge in [0.2, 0.25) is 5.91 Å². The molecule has 0 saturated carbocycles. The molecule has 0 fully saturated rings. The van der Waals surface area contributed by atoms with E-state index in [1.54, 1.807) is 0 Å². The number of hydrogen-bond acceptors (Lipinski definition) is 5. The Labute approximate surface area is 127 Å². The van der Waals surface area contributed by atoms with Crippen molar-refractivity contribution in [3.8, 4) is 0 Å². The van der Waals surface area contributed by atoms with Gasteiger partial charge in [-0.25, -0.2) is 4.79 Å². The fraction of sp³-hybridized carbons (Fsp3) is 0.308. The Balaban J connectivity index is 0.00000220. The van der Waals surface area contributed by atoms with Gasteiger partial charge in [0.05, 0.1) is 12.7 Å². The quantitative estimate of drug-likeness (QED) is 0.474. The van der Waals surface area contributed by atoms with E-state index in [4.69, 9.17) is 10.8 Å². The van der Waals surface area contributed by atoms with Crippen LogP contribution in [0.5, 0.6) is 0 Å². The number of hydrogen-bond donors (Lipinski definition) is 2. The van der Waals surface area contributed by atoms with Crippen molar-refractivity contribution in [1.29, 1.82) is 0 Å². The Kier molecular flexibility index (Phi) is 4.19. The molecule has 1 aromatic rings. The minimum absolute atomic E-state index is 0. The molecular formula is C13H15ClN2O5. The number of methoxy groups -OCH3 is 1. The fourth-order valence-electron chi connectivity index (χ4n) is 2.43. The molecule has 1 unspecified atom stereocenters. The number of nitrogen functional groups attached to an aromatic ring is 1. The van der Waals surface area contributed by atoms with Crippen LogP contribution in [0.3, 0.4) is 0 Å². The summed E-state index contributed by atoms with van der Waals surface area (Å²) < 4.78 is 4.69. The lowest BCUT2D eigenvalue weighted by Crippen LogP contribution is -2.43. The summed E-state index contributed by atoms with van der Waals surface area (Å²) in [6, 6.07) is 2.64. The molecule has 1 heterocycles. The van der Waals surface area contributed by atoms with Crippen LogP contribution in [0.25, 0.3) is 0 Å². The van der Waals surface area contributed by atoms with Crippen LogP contribution in [-0.2, 0) is 19.7 Å². The van der Waals surface area contributed by atoms with E-state index >= 15 is 0 Å². The van der Waals surface area contributed by atoms with Gasteiger partial charge in [-0.05, 0) is 19.1 Å². The first kappa shape index (κ1) is 16.8. The molecule has 0 bridgehead atoms. The van der Waals surface area contributed by atoms with Gasteiger partial charge in [0.1, 0.15) is 0 Å². The first-order valence-electron chi connectivity index (χ1n) is 5.79. The summed E-state index contributed by atoms with van der Waals surface area (Å²) in [4.78, 5) is 36.6. The van der Waals surface area contributed by atoms with E-state index in [1.807, 2.05) is 0 Å². The molecule has 1 aliphatic rings. The normalized spacial score (nSPS) is 19.8. The van der Waals surface area contributed by atoms with Crippen molar-refractivity contribution in [2.75, 3.05) is 24.8 Å². The van der Waals surface area contributed by atoms with E-state index in [9.17, 15) is 14.4 Å². The van der Waals surface area contributed by atoms with E-state index in [1.165, 1.54) is 38.1 Å². The van der Waals surface area contributed by atoms with E-state index in [2.05, 4.69) is 4.74 Å². The molecule has 7 nitrogen and oxygen atoms in total. The molecule has 3 N–H and O–H groups in total. The SMILES string of the molecule is COC(=O)C1(C)C(=O)N(C)c2cc(C(=O)O)c(N)cc21.Cl. The maximum absolute atomic E-state index is 12.3. The van der Waals surface area contributed by atoms with Crippen molar-refractivity contribution < 1.29 is 24.2 Å². The number of carbonyl (C=O) groups excluding carboxylic acids is 2. The zero-order valence-electron chi connectivity index (χ0n) is 11.7. The predicted octanol–water partition coefficient (Wildman–Crippen LogP) is 0.796. The number of fused-ring (bicyclic) bond motifs is 1. The summed E-state index contributed by atoms with van der Waals surface area (Å²) in [5.41, 5.74) is 4.75. The molecule has 1 aromatic carbocycles. The number of halogens is 1. The van der Waals surface area contributed by atoms with E-state index in [0.29, 0.717) is 11.3 Å². The van der Waals surface area contributed by atoms with Crippen molar-refractivity contribution in [1.82, 2.24) is 0 Å². The number of carboxylic acid groups (broad SMARTS) is 1. The Morgan fingerprint density at radius 2 is 1.95 bits per heavy atom. The summed E-state index contributed by atoms with van der Waals surface area (Å²) in [5, 5.41) is 9.06. The number of nitrogens with zero attached hydrogens (tertiary/aromatic N) is 1. The minimum atomic E-state index is -1.51. The predicted molar refractivity (Wildman–Crippen MR) is 77.8 cm³/mol. The third kappa shape index (κ3) is 2.09. The summed E-state index contributed by atoms with van der Waals surface area (Å²) >= 11 is 0. The number of ether oxygens (including phenoxy) is 1. The highest BCUT2D eigenvalue weighted by Crippen LogP contribution is 2.43. The molecule has 0 saturated heterocycles. The number of esters is 1. The van der Waals surface area contributed by atoms with Crippen LogP contribution in [-0.4, -0.2) is 37.1 Å². The number of amides is 1. The molecule has 0 spiro atoms. The summed E-state index contributed by atoms with van der Waals surface area (Å²) in [6.45, 7) is 1.43. The van der Waals surface area contributed by atoms with Crippen molar-refractivity contribution in [3.63, 3.8) is 0 Å². The van der Waals surface area contributed by atoms with Crippen LogP contribution in [0.2, 0.25) is 0 Å². The molecule has 1 atom stereocenters. The number of carboxylic acids is 1. The highest BCUT2D eigenvalue weighted by Gasteiger charge is 2.53. The van der Waals surface area contributed by atoms with E-state index in [0.717, 1.165) is 0 Å². The second-order valence-electron chi connectivity index (χ2n) is 4.74. The van der Waals surface area contributed by atoms with Crippen LogP contribution >= 0.6 is 12.4 Å². The average molecular weight is 315 g/mol. The van der Waals surface area contributed by atoms with E-state index in [-0.39, 0.29) is 23.7 Å². The average Bonchev–Trinajstić information content (AvgIpc) is 2.59. The van der Waals surface area contributed by atoms with Crippen molar-refractivity contribution in [3.05, 3.63) is 23.3 Å². The van der Waals surface area contributed by atoms with Gasteiger partial charge in [-0.3, -0.25) is 9.59 Å². The zero-order valence-corrected chi connectivity index (χ0v) is 12.5. The summed E-state index contributed by atoms with van der Waals surface area (Å²) in [6.07, 6.45) is 0. The van der Waals surface area contributed by atoms with Gasteiger partial charge in [0.25, 0.3) is 0 Å². The first-order valence-corrected chi connectivity index (χ1v) is 5.79. The first-order chi connectivity index (χ1) is 9.25. The number of likely N-dealkylation sites (N-methyl/N-ethyl adjacent to an activating group) is 1. The molecular weight excluding hydrogens is 300 g/mol. The number of rotatable bonds is 2. The Morgan fingerprint density at radius 1 is 1.38 bits per heavy atom. The molecule has 21 heavy (non-hydrogen) atoms. The van der Waals surface area contributed by atoms with Gasteiger partial charge in [-0.15, -0.1) is 12.4 Å². The number of anilines is 2. The third-order valence-corrected chi connectivity index (χ3v) is 3.62. The molecule has 114 valence electrons. The molecule has 8 heteroatoms. The van der Waals surface area contributed by atoms with Crippen LogP contribution < -0.4 is 10.6 Å². The van der Waals surface area contributed by atoms with Crippen LogP contribution in [0.4, 0.5) is 11.4 Å². The number of benzene rings is 1. The van der Waals surface area contributed by atoms with Gasteiger partial charge in [0.15, 0.2) is 5.41 Å². The molecule has 2 rings (SSSR count). The largest absolute Gasteiger partial charge is 0.478 e. The number of aromatic carboxylic acids is 1. The summed E-state index contributed by atoms with van der Waals surface area (Å²) in [5.74, 6) is -2.39. The van der Waals surface area contributed by atoms with Gasteiger partial charge in [-0.1, -0.05) is 0 Å². The highest BCUT2D eigenvalue weighted by molar-refractivity contribution is 6.20. The maximum atomic E-state index is 12.3. The van der Waals surface area contributed by atoms with Crippen LogP contribution in [0, 0.1) is 0 Å². The van der Waals surface area contributed by atoms with Gasteiger partial charge in [0, 0.05) is 24.0 Å². The maximum Gasteiger partial charge on any atom is 0.337 e. The summed E-state index contributed by atoms with van der Waals surface area (Å²) in [7, 11) is 2.66. The number of carbonyl (C=O) groups is 3. The van der Waals surface area contributed by atoms with Crippen molar-refractivity contribution in [2.45, 2.75) is 12.3 Å². The zero-order chi connectivity index (χ0) is 15.2. The lowest BCUT2D eigenvalue weighted by molar-refractivity contribution is -0.150. The second-order valence-corrected chi connectivity index (χ2v) is 4.74. The van der Waals surface area contributed by atoms with Crippen LogP contribution in [0.15, 0.2) is 12.1 Å². The lowest BCUT2D eigenvalue weighted by atomic mass is 9.83. The standard InChI is InChI=1S/C13H14N2O5.ClH/c1-13(12(19)20-3)7-5-8(14)6(10(16)17)4-9(7)15(2)11(13)18;/h4-5H,14H2,1-3H3,(H,16,17);1H. The Morgan fingerprint density at radius 3 is 2.43 bits per heavy atom. The molecule has 0 radical (unpaired) electrons. The topological polar surface area (TPSA) is 110 Å². The smallest absolute Gasteiger partial charge is 0.337 e. The fourth-order valence-corrected chi connectivity index (χ4v) is 2.43. The molecule has 1 aliphatic heterocycles. The molecule has 0 aliphatic carbocycles. The third-order valence-electron chi connectivity index (χ3n) is 3.62. The highest BCUT2D eigenvalue weighted by atomic mass is 35.5. The van der Waals surface area contributed by atoms with Crippen molar-refractivity contribution in [2.24, 2.45) is 0 Å². The van der Waals surface area contributed by atoms with Gasteiger partial charge in [-0.2, -0.15) is 0 Å². The van der Waals surface area contributed by atoms with Crippen molar-refractivity contribution >= 4 is 41.6 Å². The van der Waals surface area contributed by atoms with Gasteiger partial charge < -0.3 is 20.5 Å². The second kappa shape index (κ2) is 5.25. The van der Waals surface area contributed by atoms with Gasteiger partial charge >= 0.3 is 11.9 Å². The number of nitrogens with two attached hydrogens (primary N) is 1. The molecule has 1 amide bonds. The monoisotopic (exact) mass is 314 g/mol. The Bertz CT molecular complexity index is 646. The van der Waals surface area contributed by atoms with Crippen LogP contribution in [0.1, 0.15) is 22.8 Å². The minimum Gasteiger partial charge on any atom is -0.478 e. The Hall–Kier alpha value is -2.28.